The number of hydrogen-bond acceptors (Lipinski definition) is 4. The van der Waals surface area contributed by atoms with Crippen molar-refractivity contribution in [1.29, 1.82) is 0 Å². The van der Waals surface area contributed by atoms with E-state index in [4.69, 9.17) is 4.74 Å². The highest BCUT2D eigenvalue weighted by Gasteiger charge is 2.16. The van der Waals surface area contributed by atoms with Crippen molar-refractivity contribution in [2.75, 3.05) is 11.9 Å². The molecule has 0 radical (unpaired) electrons. The van der Waals surface area contributed by atoms with Crippen LogP contribution in [0.2, 0.25) is 0 Å². The summed E-state index contributed by atoms with van der Waals surface area (Å²) in [5.41, 5.74) is 0.940. The van der Waals surface area contributed by atoms with Gasteiger partial charge < -0.3 is 15.4 Å². The molecule has 4 amide bonds. The van der Waals surface area contributed by atoms with Crippen LogP contribution < -0.4 is 20.7 Å². The third kappa shape index (κ3) is 7.30. The lowest BCUT2D eigenvalue weighted by molar-refractivity contribution is -0.122. The number of hydrogen-bond donors (Lipinski definition) is 3. The van der Waals surface area contributed by atoms with Gasteiger partial charge in [0, 0.05) is 12.5 Å². The van der Waals surface area contributed by atoms with Gasteiger partial charge in [0.25, 0.3) is 5.91 Å². The van der Waals surface area contributed by atoms with E-state index in [0.29, 0.717) is 11.4 Å². The predicted octanol–water partition coefficient (Wildman–Crippen LogP) is 1.96. The van der Waals surface area contributed by atoms with Crippen LogP contribution in [0.15, 0.2) is 18.2 Å². The molecule has 0 heterocycles. The second kappa shape index (κ2) is 7.62. The zero-order chi connectivity index (χ0) is 17.6. The Balaban J connectivity index is 2.63. The van der Waals surface area contributed by atoms with Crippen molar-refractivity contribution in [3.05, 3.63) is 23.8 Å². The SMILES string of the molecule is CC(=O)Nc1ccc(C)cc1OCC(=O)NC(=O)NC(C)(C)C. The molecule has 3 N–H and O–H groups in total. The molecular weight excluding hydrogens is 298 g/mol. The van der Waals surface area contributed by atoms with Crippen molar-refractivity contribution in [2.45, 2.75) is 40.2 Å². The zero-order valence-corrected chi connectivity index (χ0v) is 14.1. The summed E-state index contributed by atoms with van der Waals surface area (Å²) < 4.78 is 5.40. The molecule has 0 saturated carbocycles. The van der Waals surface area contributed by atoms with Gasteiger partial charge in [-0.1, -0.05) is 6.07 Å². The molecule has 0 unspecified atom stereocenters. The Hall–Kier alpha value is -2.57. The molecule has 1 aromatic carbocycles. The van der Waals surface area contributed by atoms with Crippen LogP contribution >= 0.6 is 0 Å². The van der Waals surface area contributed by atoms with Gasteiger partial charge in [0.05, 0.1) is 5.69 Å². The summed E-state index contributed by atoms with van der Waals surface area (Å²) in [4.78, 5) is 34.5. The Morgan fingerprint density at radius 2 is 1.83 bits per heavy atom. The van der Waals surface area contributed by atoms with Crippen molar-refractivity contribution in [1.82, 2.24) is 10.6 Å². The van der Waals surface area contributed by atoms with Crippen LogP contribution in [0.4, 0.5) is 10.5 Å². The average Bonchev–Trinajstić information content (AvgIpc) is 2.36. The maximum atomic E-state index is 11.7. The van der Waals surface area contributed by atoms with E-state index in [-0.39, 0.29) is 12.5 Å². The fourth-order valence-corrected chi connectivity index (χ4v) is 1.72. The number of amides is 4. The highest BCUT2D eigenvalue weighted by Crippen LogP contribution is 2.25. The second-order valence-electron chi connectivity index (χ2n) is 6.22. The quantitative estimate of drug-likeness (QED) is 0.790. The topological polar surface area (TPSA) is 96.5 Å². The third-order valence-corrected chi connectivity index (χ3v) is 2.55. The van der Waals surface area contributed by atoms with Crippen molar-refractivity contribution in [3.63, 3.8) is 0 Å². The number of ether oxygens (including phenoxy) is 1. The standard InChI is InChI=1S/C16H23N3O4/c1-10-6-7-12(17-11(2)20)13(8-10)23-9-14(21)18-15(22)19-16(3,4)5/h6-8H,9H2,1-5H3,(H,17,20)(H2,18,19,21,22). The van der Waals surface area contributed by atoms with Crippen LogP contribution in [0.5, 0.6) is 5.75 Å². The van der Waals surface area contributed by atoms with Gasteiger partial charge in [-0.25, -0.2) is 4.79 Å². The minimum atomic E-state index is -0.586. The molecular formula is C16H23N3O4. The highest BCUT2D eigenvalue weighted by molar-refractivity contribution is 5.95. The molecule has 0 bridgehead atoms. The van der Waals surface area contributed by atoms with Crippen LogP contribution in [-0.2, 0) is 9.59 Å². The molecule has 0 saturated heterocycles. The lowest BCUT2D eigenvalue weighted by Gasteiger charge is -2.20. The van der Waals surface area contributed by atoms with Crippen LogP contribution in [-0.4, -0.2) is 30.0 Å². The summed E-state index contributed by atoms with van der Waals surface area (Å²) in [5, 5.41) is 7.41. The number of nitrogens with one attached hydrogen (secondary N) is 3. The minimum Gasteiger partial charge on any atom is -0.482 e. The maximum Gasteiger partial charge on any atom is 0.321 e. The number of aryl methyl sites for hydroxylation is 1. The first-order chi connectivity index (χ1) is 10.6. The molecule has 0 fully saturated rings. The lowest BCUT2D eigenvalue weighted by atomic mass is 10.1. The molecule has 23 heavy (non-hydrogen) atoms. The molecule has 126 valence electrons. The molecule has 1 aromatic rings. The van der Waals surface area contributed by atoms with Gasteiger partial charge >= 0.3 is 6.03 Å². The second-order valence-corrected chi connectivity index (χ2v) is 6.22. The van der Waals surface area contributed by atoms with E-state index in [1.807, 2.05) is 13.0 Å². The van der Waals surface area contributed by atoms with Gasteiger partial charge in [0.1, 0.15) is 5.75 Å². The van der Waals surface area contributed by atoms with E-state index in [0.717, 1.165) is 5.56 Å². The zero-order valence-electron chi connectivity index (χ0n) is 14.1. The van der Waals surface area contributed by atoms with Crippen LogP contribution in [0, 0.1) is 6.92 Å². The number of carbonyl (C=O) groups is 3. The number of benzene rings is 1. The first-order valence-electron chi connectivity index (χ1n) is 7.20. The Labute approximate surface area is 135 Å². The van der Waals surface area contributed by atoms with Gasteiger partial charge in [0.2, 0.25) is 5.91 Å². The van der Waals surface area contributed by atoms with E-state index < -0.39 is 17.5 Å². The molecule has 0 aliphatic carbocycles. The number of anilines is 1. The van der Waals surface area contributed by atoms with Crippen molar-refractivity contribution in [3.8, 4) is 5.75 Å². The lowest BCUT2D eigenvalue weighted by Crippen LogP contribution is -2.49. The molecule has 7 heteroatoms. The van der Waals surface area contributed by atoms with Crippen molar-refractivity contribution < 1.29 is 19.1 Å². The Morgan fingerprint density at radius 3 is 2.39 bits per heavy atom. The molecule has 0 spiro atoms. The Kier molecular flexibility index (Phi) is 6.12. The predicted molar refractivity (Wildman–Crippen MR) is 87.4 cm³/mol. The van der Waals surface area contributed by atoms with Gasteiger partial charge in [0.15, 0.2) is 6.61 Å². The molecule has 1 rings (SSSR count). The minimum absolute atomic E-state index is 0.243. The fraction of sp³-hybridized carbons (Fsp3) is 0.438. The maximum absolute atomic E-state index is 11.7. The first-order valence-corrected chi connectivity index (χ1v) is 7.20. The fourth-order valence-electron chi connectivity index (χ4n) is 1.72. The smallest absolute Gasteiger partial charge is 0.321 e. The normalized spacial score (nSPS) is 10.7. The largest absolute Gasteiger partial charge is 0.482 e. The van der Waals surface area contributed by atoms with Gasteiger partial charge in [-0.15, -0.1) is 0 Å². The average molecular weight is 321 g/mol. The van der Waals surface area contributed by atoms with E-state index in [1.165, 1.54) is 6.92 Å². The summed E-state index contributed by atoms with van der Waals surface area (Å²) in [6.07, 6.45) is 0. The van der Waals surface area contributed by atoms with E-state index in [9.17, 15) is 14.4 Å². The number of imide groups is 1. The van der Waals surface area contributed by atoms with Crippen LogP contribution in [0.3, 0.4) is 0 Å². The molecule has 7 nitrogen and oxygen atoms in total. The third-order valence-electron chi connectivity index (χ3n) is 2.55. The van der Waals surface area contributed by atoms with Crippen molar-refractivity contribution in [2.24, 2.45) is 0 Å². The Morgan fingerprint density at radius 1 is 1.17 bits per heavy atom. The summed E-state index contributed by atoms with van der Waals surface area (Å²) in [7, 11) is 0. The molecule has 0 aliphatic heterocycles. The number of rotatable bonds is 4. The molecule has 0 aliphatic rings. The van der Waals surface area contributed by atoms with Crippen LogP contribution in [0.25, 0.3) is 0 Å². The van der Waals surface area contributed by atoms with Crippen LogP contribution in [0.1, 0.15) is 33.3 Å². The number of carbonyl (C=O) groups excluding carboxylic acids is 3. The summed E-state index contributed by atoms with van der Waals surface area (Å²) >= 11 is 0. The van der Waals surface area contributed by atoms with E-state index in [2.05, 4.69) is 16.0 Å². The summed E-state index contributed by atoms with van der Waals surface area (Å²) in [5.74, 6) is -0.457. The summed E-state index contributed by atoms with van der Waals surface area (Å²) in [6, 6.07) is 4.62. The molecule has 0 aromatic heterocycles. The van der Waals surface area contributed by atoms with E-state index in [1.54, 1.807) is 32.9 Å². The monoisotopic (exact) mass is 321 g/mol. The Bertz CT molecular complexity index is 606. The van der Waals surface area contributed by atoms with Gasteiger partial charge in [-0.2, -0.15) is 0 Å². The van der Waals surface area contributed by atoms with E-state index >= 15 is 0 Å². The first kappa shape index (κ1) is 18.5. The number of urea groups is 1. The molecule has 0 atom stereocenters. The highest BCUT2D eigenvalue weighted by atomic mass is 16.5. The van der Waals surface area contributed by atoms with Gasteiger partial charge in [-0.3, -0.25) is 14.9 Å². The van der Waals surface area contributed by atoms with Crippen molar-refractivity contribution >= 4 is 23.5 Å². The summed E-state index contributed by atoms with van der Waals surface area (Å²) in [6.45, 7) is 8.32. The van der Waals surface area contributed by atoms with Gasteiger partial charge in [-0.05, 0) is 45.4 Å².